The summed E-state index contributed by atoms with van der Waals surface area (Å²) in [5, 5.41) is 23.9. The molecule has 1 aliphatic carbocycles. The number of hydrogen-bond acceptors (Lipinski definition) is 4. The fourth-order valence-corrected chi connectivity index (χ4v) is 3.53. The minimum absolute atomic E-state index is 0.0177. The molecule has 0 aliphatic heterocycles. The van der Waals surface area contributed by atoms with Gasteiger partial charge < -0.3 is 10.4 Å². The van der Waals surface area contributed by atoms with E-state index in [1.54, 1.807) is 6.07 Å². The molecule has 0 atom stereocenters. The van der Waals surface area contributed by atoms with Crippen molar-refractivity contribution in [2.24, 2.45) is 5.41 Å². The molecular formula is C15H21BrN2O3. The van der Waals surface area contributed by atoms with Gasteiger partial charge in [-0.1, -0.05) is 35.2 Å². The van der Waals surface area contributed by atoms with E-state index in [4.69, 9.17) is 0 Å². The second-order valence-electron chi connectivity index (χ2n) is 5.90. The topological polar surface area (TPSA) is 75.4 Å². The highest BCUT2D eigenvalue weighted by atomic mass is 79.9. The van der Waals surface area contributed by atoms with Crippen molar-refractivity contribution >= 4 is 21.6 Å². The van der Waals surface area contributed by atoms with Crippen LogP contribution in [0, 0.1) is 15.5 Å². The quantitative estimate of drug-likeness (QED) is 0.605. The van der Waals surface area contributed by atoms with Gasteiger partial charge in [0.1, 0.15) is 0 Å². The van der Waals surface area contributed by atoms with E-state index < -0.39 is 0 Å². The van der Waals surface area contributed by atoms with E-state index in [2.05, 4.69) is 21.2 Å². The SMILES string of the molecule is O=[N+]([O-])c1cc(Br)cc(CNCC2(CO)CCCCC2)c1. The Labute approximate surface area is 133 Å². The molecule has 1 aromatic rings. The lowest BCUT2D eigenvalue weighted by Crippen LogP contribution is -2.38. The molecular weight excluding hydrogens is 336 g/mol. The molecule has 1 fully saturated rings. The number of rotatable bonds is 6. The highest BCUT2D eigenvalue weighted by Crippen LogP contribution is 2.35. The first kappa shape index (κ1) is 16.4. The Morgan fingerprint density at radius 1 is 1.29 bits per heavy atom. The highest BCUT2D eigenvalue weighted by molar-refractivity contribution is 9.10. The van der Waals surface area contributed by atoms with Crippen molar-refractivity contribution in [2.45, 2.75) is 38.6 Å². The summed E-state index contributed by atoms with van der Waals surface area (Å²) in [5.41, 5.74) is 0.951. The monoisotopic (exact) mass is 356 g/mol. The molecule has 1 saturated carbocycles. The third-order valence-corrected chi connectivity index (χ3v) is 4.69. The van der Waals surface area contributed by atoms with Crippen LogP contribution in [0.15, 0.2) is 22.7 Å². The molecule has 0 amide bonds. The summed E-state index contributed by atoms with van der Waals surface area (Å²) < 4.78 is 0.711. The van der Waals surface area contributed by atoms with Crippen LogP contribution in [0.4, 0.5) is 5.69 Å². The fourth-order valence-electron chi connectivity index (χ4n) is 3.01. The lowest BCUT2D eigenvalue weighted by Gasteiger charge is -2.35. The van der Waals surface area contributed by atoms with Crippen molar-refractivity contribution in [3.05, 3.63) is 38.3 Å². The minimum atomic E-state index is -0.384. The van der Waals surface area contributed by atoms with Gasteiger partial charge >= 0.3 is 0 Å². The van der Waals surface area contributed by atoms with Gasteiger partial charge in [-0.2, -0.15) is 0 Å². The zero-order valence-electron chi connectivity index (χ0n) is 12.0. The van der Waals surface area contributed by atoms with Crippen molar-refractivity contribution in [3.8, 4) is 0 Å². The lowest BCUT2D eigenvalue weighted by molar-refractivity contribution is -0.385. The number of halogens is 1. The molecule has 0 heterocycles. The van der Waals surface area contributed by atoms with Crippen molar-refractivity contribution in [1.29, 1.82) is 0 Å². The van der Waals surface area contributed by atoms with Crippen molar-refractivity contribution in [2.75, 3.05) is 13.2 Å². The summed E-state index contributed by atoms with van der Waals surface area (Å²) in [6.45, 7) is 1.53. The van der Waals surface area contributed by atoms with Crippen molar-refractivity contribution < 1.29 is 10.0 Å². The number of aliphatic hydroxyl groups excluding tert-OH is 1. The van der Waals surface area contributed by atoms with Gasteiger partial charge in [0.15, 0.2) is 0 Å². The smallest absolute Gasteiger partial charge is 0.270 e. The number of nitrogens with zero attached hydrogens (tertiary/aromatic N) is 1. The van der Waals surface area contributed by atoms with Crippen LogP contribution in [0.1, 0.15) is 37.7 Å². The van der Waals surface area contributed by atoms with E-state index in [-0.39, 0.29) is 22.6 Å². The Morgan fingerprint density at radius 3 is 2.62 bits per heavy atom. The van der Waals surface area contributed by atoms with E-state index in [9.17, 15) is 15.2 Å². The van der Waals surface area contributed by atoms with E-state index in [1.165, 1.54) is 25.3 Å². The summed E-state index contributed by atoms with van der Waals surface area (Å²) in [6.07, 6.45) is 5.69. The average Bonchev–Trinajstić information content (AvgIpc) is 2.47. The Hall–Kier alpha value is -0.980. The van der Waals surface area contributed by atoms with Crippen LogP contribution in [0.3, 0.4) is 0 Å². The van der Waals surface area contributed by atoms with E-state index in [0.29, 0.717) is 11.0 Å². The maximum atomic E-state index is 10.9. The van der Waals surface area contributed by atoms with Gasteiger partial charge in [0.05, 0.1) is 4.92 Å². The molecule has 21 heavy (non-hydrogen) atoms. The van der Waals surface area contributed by atoms with Gasteiger partial charge in [-0.15, -0.1) is 0 Å². The first-order valence-corrected chi connectivity index (χ1v) is 8.09. The largest absolute Gasteiger partial charge is 0.396 e. The van der Waals surface area contributed by atoms with Crippen LogP contribution >= 0.6 is 15.9 Å². The molecule has 0 radical (unpaired) electrons. The van der Waals surface area contributed by atoms with Crippen LogP contribution in [-0.4, -0.2) is 23.2 Å². The molecule has 2 rings (SSSR count). The zero-order valence-corrected chi connectivity index (χ0v) is 13.6. The molecule has 2 N–H and O–H groups in total. The van der Waals surface area contributed by atoms with Crippen LogP contribution in [-0.2, 0) is 6.54 Å². The summed E-state index contributed by atoms with van der Waals surface area (Å²) in [6, 6.07) is 4.97. The maximum absolute atomic E-state index is 10.9. The standard InChI is InChI=1S/C15H21BrN2O3/c16-13-6-12(7-14(8-13)18(20)21)9-17-10-15(11-19)4-2-1-3-5-15/h6-8,17,19H,1-5,9-11H2. The normalized spacial score (nSPS) is 17.6. The number of nitro benzene ring substituents is 1. The zero-order chi connectivity index (χ0) is 15.3. The van der Waals surface area contributed by atoms with E-state index >= 15 is 0 Å². The van der Waals surface area contributed by atoms with Crippen LogP contribution in [0.25, 0.3) is 0 Å². The number of benzene rings is 1. The molecule has 1 aromatic carbocycles. The van der Waals surface area contributed by atoms with Crippen LogP contribution in [0.2, 0.25) is 0 Å². The second-order valence-corrected chi connectivity index (χ2v) is 6.81. The summed E-state index contributed by atoms with van der Waals surface area (Å²) in [7, 11) is 0. The molecule has 0 unspecified atom stereocenters. The molecule has 116 valence electrons. The van der Waals surface area contributed by atoms with Crippen molar-refractivity contribution in [1.82, 2.24) is 5.32 Å². The molecule has 6 heteroatoms. The predicted molar refractivity (Wildman–Crippen MR) is 85.1 cm³/mol. The fraction of sp³-hybridized carbons (Fsp3) is 0.600. The number of nitro groups is 1. The molecule has 0 spiro atoms. The summed E-state index contributed by atoms with van der Waals surface area (Å²) in [5.74, 6) is 0. The average molecular weight is 357 g/mol. The predicted octanol–water partition coefficient (Wildman–Crippen LogP) is 3.39. The second kappa shape index (κ2) is 7.33. The Balaban J connectivity index is 1.95. The molecule has 1 aliphatic rings. The first-order valence-electron chi connectivity index (χ1n) is 7.30. The number of aliphatic hydroxyl groups is 1. The third-order valence-electron chi connectivity index (χ3n) is 4.23. The Kier molecular flexibility index (Phi) is 5.72. The molecule has 0 saturated heterocycles. The number of nitrogens with one attached hydrogen (secondary N) is 1. The van der Waals surface area contributed by atoms with Gasteiger partial charge in [0.25, 0.3) is 5.69 Å². The Bertz CT molecular complexity index is 502. The lowest BCUT2D eigenvalue weighted by atomic mass is 9.74. The van der Waals surface area contributed by atoms with Crippen LogP contribution in [0.5, 0.6) is 0 Å². The van der Waals surface area contributed by atoms with Gasteiger partial charge in [0, 0.05) is 41.7 Å². The summed E-state index contributed by atoms with van der Waals surface area (Å²) >= 11 is 3.30. The molecule has 0 aromatic heterocycles. The van der Waals surface area contributed by atoms with Crippen LogP contribution < -0.4 is 5.32 Å². The van der Waals surface area contributed by atoms with Gasteiger partial charge in [-0.05, 0) is 24.5 Å². The van der Waals surface area contributed by atoms with E-state index in [0.717, 1.165) is 24.9 Å². The summed E-state index contributed by atoms with van der Waals surface area (Å²) in [4.78, 5) is 10.5. The number of non-ortho nitro benzene ring substituents is 1. The van der Waals surface area contributed by atoms with Crippen molar-refractivity contribution in [3.63, 3.8) is 0 Å². The third kappa shape index (κ3) is 4.49. The maximum Gasteiger partial charge on any atom is 0.270 e. The Morgan fingerprint density at radius 2 is 2.00 bits per heavy atom. The van der Waals surface area contributed by atoms with E-state index in [1.807, 2.05) is 6.07 Å². The molecule has 5 nitrogen and oxygen atoms in total. The highest BCUT2D eigenvalue weighted by Gasteiger charge is 2.30. The van der Waals surface area contributed by atoms with Gasteiger partial charge in [-0.25, -0.2) is 0 Å². The number of hydrogen-bond donors (Lipinski definition) is 2. The van der Waals surface area contributed by atoms with Gasteiger partial charge in [-0.3, -0.25) is 10.1 Å². The minimum Gasteiger partial charge on any atom is -0.396 e. The van der Waals surface area contributed by atoms with Gasteiger partial charge in [0.2, 0.25) is 0 Å². The first-order chi connectivity index (χ1) is 10.0. The molecule has 0 bridgehead atoms.